The Morgan fingerprint density at radius 3 is 2.66 bits per heavy atom. The van der Waals surface area contributed by atoms with Crippen LogP contribution in [0.15, 0.2) is 76.8 Å². The average Bonchev–Trinajstić information content (AvgIpc) is 3.33. The van der Waals surface area contributed by atoms with Crippen LogP contribution in [0.4, 0.5) is 5.69 Å². The van der Waals surface area contributed by atoms with Gasteiger partial charge >= 0.3 is 0 Å². The summed E-state index contributed by atoms with van der Waals surface area (Å²) in [6, 6.07) is 15.4. The highest BCUT2D eigenvalue weighted by Crippen LogP contribution is 2.34. The number of carbonyl (C=O) groups is 2. The molecule has 0 unspecified atom stereocenters. The van der Waals surface area contributed by atoms with Gasteiger partial charge in [0.1, 0.15) is 11.1 Å². The lowest BCUT2D eigenvalue weighted by molar-refractivity contribution is 0.0949. The van der Waals surface area contributed by atoms with Crippen LogP contribution in [0.5, 0.6) is 0 Å². The first-order chi connectivity index (χ1) is 16.9. The van der Waals surface area contributed by atoms with E-state index in [-0.39, 0.29) is 33.2 Å². The van der Waals surface area contributed by atoms with Crippen LogP contribution in [0.1, 0.15) is 31.2 Å². The van der Waals surface area contributed by atoms with Gasteiger partial charge in [0.05, 0.1) is 38.8 Å². The molecule has 0 atom stereocenters. The molecule has 2 N–H and O–H groups in total. The fourth-order valence-corrected chi connectivity index (χ4v) is 5.98. The number of hydrogen-bond acceptors (Lipinski definition) is 8. The van der Waals surface area contributed by atoms with Gasteiger partial charge in [-0.25, -0.2) is 13.4 Å². The van der Waals surface area contributed by atoms with Gasteiger partial charge in [-0.1, -0.05) is 12.1 Å². The second kappa shape index (κ2) is 8.75. The molecule has 0 fully saturated rings. The highest BCUT2D eigenvalue weighted by Gasteiger charge is 2.31. The van der Waals surface area contributed by atoms with E-state index in [0.717, 1.165) is 4.88 Å². The predicted octanol–water partition coefficient (Wildman–Crippen LogP) is 3.41. The number of nitrogens with one attached hydrogen (secondary N) is 2. The van der Waals surface area contributed by atoms with Gasteiger partial charge in [0, 0.05) is 22.8 Å². The fourth-order valence-electron chi connectivity index (χ4n) is 3.56. The molecule has 3 heterocycles. The molecule has 1 aliphatic rings. The third-order valence-corrected chi connectivity index (χ3v) is 8.18. The molecule has 2 amide bonds. The minimum atomic E-state index is -3.94. The van der Waals surface area contributed by atoms with Gasteiger partial charge in [-0.2, -0.15) is 5.26 Å². The van der Waals surface area contributed by atoms with Crippen molar-refractivity contribution in [1.82, 2.24) is 15.3 Å². The highest BCUT2D eigenvalue weighted by molar-refractivity contribution is 7.91. The molecule has 0 saturated heterocycles. The molecule has 35 heavy (non-hydrogen) atoms. The summed E-state index contributed by atoms with van der Waals surface area (Å²) in [4.78, 5) is 34.5. The van der Waals surface area contributed by atoms with E-state index in [1.165, 1.54) is 47.9 Å². The molecule has 1 aliphatic heterocycles. The van der Waals surface area contributed by atoms with E-state index in [4.69, 9.17) is 5.26 Å². The Labute approximate surface area is 204 Å². The summed E-state index contributed by atoms with van der Waals surface area (Å²) >= 11 is 1.35. The number of anilines is 1. The standard InChI is InChI=1S/C24H15N5O4S2/c25-10-14-5-7-18(26-11-14)24-28-13-16(34-24)12-27-22(30)15-6-8-21-19(9-15)29-23(31)17-3-1-2-4-20(17)35(21,32)33/h1-9,11,13H,12H2,(H,27,30)(H,29,31). The number of pyridine rings is 1. The number of nitrogens with zero attached hydrogens (tertiary/aromatic N) is 3. The Morgan fingerprint density at radius 1 is 1.06 bits per heavy atom. The number of benzene rings is 2. The molecular weight excluding hydrogens is 486 g/mol. The predicted molar refractivity (Wildman–Crippen MR) is 128 cm³/mol. The Bertz CT molecular complexity index is 1640. The lowest BCUT2D eigenvalue weighted by Gasteiger charge is -2.10. The molecule has 11 heteroatoms. The summed E-state index contributed by atoms with van der Waals surface area (Å²) in [5.41, 5.74) is 1.36. The number of hydrogen-bond donors (Lipinski definition) is 2. The SMILES string of the molecule is N#Cc1ccc(-c2ncc(CNC(=O)c3ccc4c(c3)NC(=O)c3ccccc3S4(=O)=O)s2)nc1. The molecule has 0 radical (unpaired) electrons. The van der Waals surface area contributed by atoms with Crippen molar-refractivity contribution in [2.45, 2.75) is 16.3 Å². The van der Waals surface area contributed by atoms with Crippen molar-refractivity contribution in [3.8, 4) is 16.8 Å². The molecule has 0 saturated carbocycles. The number of amides is 2. The quantitative estimate of drug-likeness (QED) is 0.436. The number of fused-ring (bicyclic) bond motifs is 2. The lowest BCUT2D eigenvalue weighted by Crippen LogP contribution is -2.22. The normalized spacial score (nSPS) is 13.5. The van der Waals surface area contributed by atoms with Crippen LogP contribution in [-0.2, 0) is 16.4 Å². The lowest BCUT2D eigenvalue weighted by atomic mass is 10.1. The minimum Gasteiger partial charge on any atom is -0.347 e. The molecule has 0 aliphatic carbocycles. The number of sulfone groups is 1. The Hall–Kier alpha value is -4.40. The van der Waals surface area contributed by atoms with Crippen LogP contribution in [0.25, 0.3) is 10.7 Å². The molecule has 4 aromatic rings. The van der Waals surface area contributed by atoms with E-state index in [1.54, 1.807) is 30.5 Å². The van der Waals surface area contributed by atoms with E-state index in [1.807, 2.05) is 6.07 Å². The Morgan fingerprint density at radius 2 is 1.89 bits per heavy atom. The van der Waals surface area contributed by atoms with Gasteiger partial charge < -0.3 is 10.6 Å². The van der Waals surface area contributed by atoms with Crippen molar-refractivity contribution in [2.24, 2.45) is 0 Å². The average molecular weight is 502 g/mol. The summed E-state index contributed by atoms with van der Waals surface area (Å²) in [6.07, 6.45) is 3.09. The van der Waals surface area contributed by atoms with Gasteiger partial charge in [0.15, 0.2) is 0 Å². The summed E-state index contributed by atoms with van der Waals surface area (Å²) in [7, 11) is -3.94. The number of carbonyl (C=O) groups excluding carboxylic acids is 2. The van der Waals surface area contributed by atoms with E-state index >= 15 is 0 Å². The van der Waals surface area contributed by atoms with Crippen LogP contribution < -0.4 is 10.6 Å². The zero-order chi connectivity index (χ0) is 24.6. The van der Waals surface area contributed by atoms with Crippen LogP contribution in [0.2, 0.25) is 0 Å². The summed E-state index contributed by atoms with van der Waals surface area (Å²) < 4.78 is 26.2. The van der Waals surface area contributed by atoms with Gasteiger partial charge in [-0.05, 0) is 42.5 Å². The van der Waals surface area contributed by atoms with Crippen LogP contribution >= 0.6 is 11.3 Å². The van der Waals surface area contributed by atoms with E-state index < -0.39 is 21.7 Å². The second-order valence-corrected chi connectivity index (χ2v) is 10.5. The monoisotopic (exact) mass is 501 g/mol. The van der Waals surface area contributed by atoms with Crippen LogP contribution in [0.3, 0.4) is 0 Å². The molecule has 0 bridgehead atoms. The number of nitriles is 1. The van der Waals surface area contributed by atoms with Crippen molar-refractivity contribution < 1.29 is 18.0 Å². The maximum atomic E-state index is 13.1. The van der Waals surface area contributed by atoms with E-state index in [9.17, 15) is 18.0 Å². The molecular formula is C24H15N5O4S2. The Kier molecular flexibility index (Phi) is 5.60. The topological polar surface area (TPSA) is 142 Å². The second-order valence-electron chi connectivity index (χ2n) is 7.52. The fraction of sp³-hybridized carbons (Fsp3) is 0.0417. The van der Waals surface area contributed by atoms with Crippen molar-refractivity contribution >= 4 is 38.7 Å². The molecule has 0 spiro atoms. The number of thiazole rings is 1. The molecule has 2 aromatic carbocycles. The largest absolute Gasteiger partial charge is 0.347 e. The van der Waals surface area contributed by atoms with Crippen LogP contribution in [0, 0.1) is 11.3 Å². The maximum Gasteiger partial charge on any atom is 0.257 e. The third-order valence-electron chi connectivity index (χ3n) is 5.29. The first kappa shape index (κ1) is 22.4. The smallest absolute Gasteiger partial charge is 0.257 e. The van der Waals surface area contributed by atoms with Gasteiger partial charge in [-0.15, -0.1) is 11.3 Å². The Balaban J connectivity index is 1.34. The highest BCUT2D eigenvalue weighted by atomic mass is 32.2. The van der Waals surface area contributed by atoms with Gasteiger partial charge in [-0.3, -0.25) is 14.6 Å². The maximum absolute atomic E-state index is 13.1. The molecule has 5 rings (SSSR count). The van der Waals surface area contributed by atoms with Crippen molar-refractivity contribution in [3.63, 3.8) is 0 Å². The van der Waals surface area contributed by atoms with E-state index in [2.05, 4.69) is 20.6 Å². The van der Waals surface area contributed by atoms with Gasteiger partial charge in [0.25, 0.3) is 11.8 Å². The van der Waals surface area contributed by atoms with Crippen molar-refractivity contribution in [3.05, 3.63) is 88.6 Å². The number of rotatable bonds is 4. The van der Waals surface area contributed by atoms with Crippen molar-refractivity contribution in [2.75, 3.05) is 5.32 Å². The van der Waals surface area contributed by atoms with Gasteiger partial charge in [0.2, 0.25) is 9.84 Å². The first-order valence-electron chi connectivity index (χ1n) is 10.3. The summed E-state index contributed by atoms with van der Waals surface area (Å²) in [6.45, 7) is 0.194. The first-order valence-corrected chi connectivity index (χ1v) is 12.6. The molecule has 172 valence electrons. The van der Waals surface area contributed by atoms with Crippen molar-refractivity contribution in [1.29, 1.82) is 5.26 Å². The third kappa shape index (κ3) is 4.16. The minimum absolute atomic E-state index is 0.0471. The molecule has 2 aromatic heterocycles. The van der Waals surface area contributed by atoms with Crippen LogP contribution in [-0.4, -0.2) is 30.2 Å². The summed E-state index contributed by atoms with van der Waals surface area (Å²) in [5.74, 6) is -0.998. The zero-order valence-electron chi connectivity index (χ0n) is 17.8. The number of aromatic nitrogens is 2. The molecule has 9 nitrogen and oxygen atoms in total. The van der Waals surface area contributed by atoms with E-state index in [0.29, 0.717) is 16.3 Å². The zero-order valence-corrected chi connectivity index (χ0v) is 19.5. The summed E-state index contributed by atoms with van der Waals surface area (Å²) in [5, 5.41) is 14.9.